The summed E-state index contributed by atoms with van der Waals surface area (Å²) in [5.74, 6) is 0.202. The van der Waals surface area contributed by atoms with E-state index in [9.17, 15) is 9.59 Å². The smallest absolute Gasteiger partial charge is 0.338 e. The van der Waals surface area contributed by atoms with Gasteiger partial charge in [-0.1, -0.05) is 18.2 Å². The maximum atomic E-state index is 12.5. The number of furan rings is 1. The van der Waals surface area contributed by atoms with Gasteiger partial charge >= 0.3 is 5.97 Å². The number of carbonyl (C=O) groups excluding carboxylic acids is 2. The van der Waals surface area contributed by atoms with Gasteiger partial charge in [0.2, 0.25) is 0 Å². The van der Waals surface area contributed by atoms with Crippen molar-refractivity contribution in [2.75, 3.05) is 32.8 Å². The summed E-state index contributed by atoms with van der Waals surface area (Å²) in [4.78, 5) is 24.9. The van der Waals surface area contributed by atoms with Gasteiger partial charge in [-0.3, -0.25) is 4.79 Å². The Hall–Kier alpha value is -4.20. The second kappa shape index (κ2) is 9.52. The normalized spacial score (nSPS) is 10.8. The molecule has 8 heteroatoms. The van der Waals surface area contributed by atoms with Crippen molar-refractivity contribution in [3.63, 3.8) is 0 Å². The highest BCUT2D eigenvalue weighted by atomic mass is 16.5. The lowest BCUT2D eigenvalue weighted by molar-refractivity contribution is -0.119. The fraction of sp³-hybridized carbons (Fsp3) is 0.200. The predicted octanol–water partition coefficient (Wildman–Crippen LogP) is 4.80. The molecular weight excluding hydrogens is 426 g/mol. The minimum absolute atomic E-state index is 0.240. The van der Waals surface area contributed by atoms with Crippen LogP contribution in [0.4, 0.5) is 5.69 Å². The first-order valence-corrected chi connectivity index (χ1v) is 10.3. The van der Waals surface area contributed by atoms with E-state index in [1.54, 1.807) is 24.3 Å². The number of methoxy groups -OCH3 is 2. The van der Waals surface area contributed by atoms with Crippen molar-refractivity contribution in [1.82, 2.24) is 0 Å². The van der Waals surface area contributed by atoms with Gasteiger partial charge in [-0.05, 0) is 37.3 Å². The molecular formula is C25H23NO7. The lowest BCUT2D eigenvalue weighted by Gasteiger charge is -2.12. The number of fused-ring (bicyclic) bond motifs is 3. The highest BCUT2D eigenvalue weighted by molar-refractivity contribution is 6.08. The number of anilines is 1. The lowest BCUT2D eigenvalue weighted by atomic mass is 10.1. The highest BCUT2D eigenvalue weighted by Gasteiger charge is 2.17. The largest absolute Gasteiger partial charge is 0.495 e. The Balaban J connectivity index is 1.46. The zero-order valence-electron chi connectivity index (χ0n) is 18.5. The van der Waals surface area contributed by atoms with Gasteiger partial charge in [-0.15, -0.1) is 0 Å². The summed E-state index contributed by atoms with van der Waals surface area (Å²) in [7, 11) is 2.99. The van der Waals surface area contributed by atoms with E-state index in [4.69, 9.17) is 23.4 Å². The third-order valence-electron chi connectivity index (χ3n) is 5.01. The molecule has 0 unspecified atom stereocenters. The van der Waals surface area contributed by atoms with Crippen LogP contribution in [-0.4, -0.2) is 39.3 Å². The second-order valence-electron chi connectivity index (χ2n) is 7.07. The molecule has 0 aliphatic rings. The molecule has 170 valence electrons. The van der Waals surface area contributed by atoms with Crippen molar-refractivity contribution in [1.29, 1.82) is 0 Å². The number of para-hydroxylation sites is 1. The van der Waals surface area contributed by atoms with E-state index in [1.165, 1.54) is 20.3 Å². The molecule has 0 spiro atoms. The molecule has 1 amide bonds. The lowest BCUT2D eigenvalue weighted by Crippen LogP contribution is -2.21. The summed E-state index contributed by atoms with van der Waals surface area (Å²) in [6.45, 7) is 1.83. The van der Waals surface area contributed by atoms with Crippen LogP contribution in [0.1, 0.15) is 17.3 Å². The molecule has 0 atom stereocenters. The van der Waals surface area contributed by atoms with E-state index in [0.717, 1.165) is 16.4 Å². The van der Waals surface area contributed by atoms with Crippen molar-refractivity contribution in [2.24, 2.45) is 0 Å². The maximum absolute atomic E-state index is 12.5. The SMILES string of the molecule is CCOc1ccc(C(=O)OCC(=O)Nc2cc3oc4ccccc4c3cc2OC)cc1OC. The molecule has 1 N–H and O–H groups in total. The standard InChI is InChI=1S/C25H23NO7/c1-4-31-20-10-9-15(11-23(20)30-3)25(28)32-14-24(27)26-18-13-21-17(12-22(18)29-2)16-7-5-6-8-19(16)33-21/h5-13H,4,14H2,1-3H3,(H,26,27). The monoisotopic (exact) mass is 449 g/mol. The van der Waals surface area contributed by atoms with Crippen molar-refractivity contribution in [3.8, 4) is 17.2 Å². The zero-order chi connectivity index (χ0) is 23.4. The van der Waals surface area contributed by atoms with Crippen LogP contribution in [0.5, 0.6) is 17.2 Å². The third-order valence-corrected chi connectivity index (χ3v) is 5.01. The van der Waals surface area contributed by atoms with E-state index >= 15 is 0 Å². The minimum Gasteiger partial charge on any atom is -0.495 e. The summed E-state index contributed by atoms with van der Waals surface area (Å²) < 4.78 is 27.1. The topological polar surface area (TPSA) is 96.2 Å². The number of rotatable bonds is 8. The predicted molar refractivity (Wildman–Crippen MR) is 123 cm³/mol. The molecule has 0 saturated heterocycles. The number of amides is 1. The molecule has 1 aromatic heterocycles. The first kappa shape index (κ1) is 22.0. The molecule has 0 fully saturated rings. The van der Waals surface area contributed by atoms with Gasteiger partial charge in [-0.2, -0.15) is 0 Å². The van der Waals surface area contributed by atoms with Crippen LogP contribution in [-0.2, 0) is 9.53 Å². The maximum Gasteiger partial charge on any atom is 0.338 e. The summed E-state index contributed by atoms with van der Waals surface area (Å²) in [6, 6.07) is 15.8. The Kier molecular flexibility index (Phi) is 6.35. The molecule has 0 radical (unpaired) electrons. The van der Waals surface area contributed by atoms with Gasteiger partial charge in [0.1, 0.15) is 16.9 Å². The van der Waals surface area contributed by atoms with Crippen LogP contribution < -0.4 is 19.5 Å². The fourth-order valence-electron chi connectivity index (χ4n) is 3.49. The molecule has 0 saturated carbocycles. The number of esters is 1. The first-order valence-electron chi connectivity index (χ1n) is 10.3. The molecule has 4 aromatic rings. The quantitative estimate of drug-likeness (QED) is 0.386. The summed E-state index contributed by atoms with van der Waals surface area (Å²) in [6.07, 6.45) is 0. The van der Waals surface area contributed by atoms with E-state index in [-0.39, 0.29) is 5.56 Å². The number of hydrogen-bond acceptors (Lipinski definition) is 7. The minimum atomic E-state index is -0.661. The van der Waals surface area contributed by atoms with Gasteiger partial charge in [0.15, 0.2) is 18.1 Å². The first-order chi connectivity index (χ1) is 16.0. The Morgan fingerprint density at radius 2 is 1.67 bits per heavy atom. The Bertz CT molecular complexity index is 1330. The number of hydrogen-bond donors (Lipinski definition) is 1. The van der Waals surface area contributed by atoms with Crippen molar-refractivity contribution < 1.29 is 33.0 Å². The second-order valence-corrected chi connectivity index (χ2v) is 7.07. The van der Waals surface area contributed by atoms with E-state index in [0.29, 0.717) is 35.1 Å². The Morgan fingerprint density at radius 3 is 2.42 bits per heavy atom. The van der Waals surface area contributed by atoms with E-state index in [2.05, 4.69) is 5.32 Å². The fourth-order valence-corrected chi connectivity index (χ4v) is 3.49. The van der Waals surface area contributed by atoms with Gasteiger partial charge < -0.3 is 28.7 Å². The Labute approximate surface area is 190 Å². The molecule has 1 heterocycles. The van der Waals surface area contributed by atoms with Gasteiger partial charge in [0.05, 0.1) is 32.1 Å². The molecule has 0 bridgehead atoms. The van der Waals surface area contributed by atoms with Crippen molar-refractivity contribution in [2.45, 2.75) is 6.92 Å². The van der Waals surface area contributed by atoms with Crippen LogP contribution in [0.3, 0.4) is 0 Å². The zero-order valence-corrected chi connectivity index (χ0v) is 18.5. The van der Waals surface area contributed by atoms with Crippen LogP contribution in [0.25, 0.3) is 21.9 Å². The summed E-state index contributed by atoms with van der Waals surface area (Å²) in [5.41, 5.74) is 1.99. The molecule has 3 aromatic carbocycles. The average molecular weight is 449 g/mol. The molecule has 4 rings (SSSR count). The molecule has 33 heavy (non-hydrogen) atoms. The van der Waals surface area contributed by atoms with Gasteiger partial charge in [0, 0.05) is 16.8 Å². The summed E-state index contributed by atoms with van der Waals surface area (Å²) >= 11 is 0. The van der Waals surface area contributed by atoms with Crippen LogP contribution in [0, 0.1) is 0 Å². The number of benzene rings is 3. The molecule has 0 aliphatic carbocycles. The summed E-state index contributed by atoms with van der Waals surface area (Å²) in [5, 5.41) is 4.53. The van der Waals surface area contributed by atoms with Crippen LogP contribution >= 0.6 is 0 Å². The van der Waals surface area contributed by atoms with E-state index < -0.39 is 18.5 Å². The van der Waals surface area contributed by atoms with Crippen LogP contribution in [0.15, 0.2) is 59.0 Å². The van der Waals surface area contributed by atoms with Gasteiger partial charge in [-0.25, -0.2) is 4.79 Å². The third kappa shape index (κ3) is 4.55. The van der Waals surface area contributed by atoms with Crippen molar-refractivity contribution in [3.05, 3.63) is 60.2 Å². The van der Waals surface area contributed by atoms with Crippen molar-refractivity contribution >= 4 is 39.5 Å². The molecule has 8 nitrogen and oxygen atoms in total. The highest BCUT2D eigenvalue weighted by Crippen LogP contribution is 2.36. The van der Waals surface area contributed by atoms with Gasteiger partial charge in [0.25, 0.3) is 5.91 Å². The molecule has 0 aliphatic heterocycles. The number of carbonyl (C=O) groups is 2. The average Bonchev–Trinajstić information content (AvgIpc) is 3.19. The number of ether oxygens (including phenoxy) is 4. The Morgan fingerprint density at radius 1 is 0.879 bits per heavy atom. The van der Waals surface area contributed by atoms with Crippen LogP contribution in [0.2, 0.25) is 0 Å². The van der Waals surface area contributed by atoms with E-state index in [1.807, 2.05) is 31.2 Å². The number of nitrogens with one attached hydrogen (secondary N) is 1.